The highest BCUT2D eigenvalue weighted by molar-refractivity contribution is 7.89. The molecule has 0 atom stereocenters. The van der Waals surface area contributed by atoms with Crippen molar-refractivity contribution in [3.05, 3.63) is 65.2 Å². The summed E-state index contributed by atoms with van der Waals surface area (Å²) in [7, 11) is -3.72. The van der Waals surface area contributed by atoms with E-state index in [4.69, 9.17) is 11.6 Å². The summed E-state index contributed by atoms with van der Waals surface area (Å²) in [5.41, 5.74) is 1.11. The number of rotatable bonds is 7. The number of halogens is 1. The number of carbonyl (C=O) groups excluding carboxylic acids is 1. The van der Waals surface area contributed by atoms with Crippen molar-refractivity contribution in [1.29, 1.82) is 0 Å². The highest BCUT2D eigenvalue weighted by Crippen LogP contribution is 2.13. The van der Waals surface area contributed by atoms with Crippen LogP contribution in [-0.2, 0) is 21.2 Å². The first-order valence-electron chi connectivity index (χ1n) is 7.03. The molecule has 0 aromatic heterocycles. The second kappa shape index (κ2) is 8.10. The Morgan fingerprint density at radius 2 is 1.65 bits per heavy atom. The lowest BCUT2D eigenvalue weighted by Crippen LogP contribution is -2.37. The van der Waals surface area contributed by atoms with Gasteiger partial charge in [-0.05, 0) is 36.2 Å². The maximum absolute atomic E-state index is 12.0. The van der Waals surface area contributed by atoms with E-state index in [2.05, 4.69) is 10.0 Å². The van der Waals surface area contributed by atoms with Gasteiger partial charge in [0, 0.05) is 11.6 Å². The average Bonchev–Trinajstić information content (AvgIpc) is 2.54. The Hall–Kier alpha value is -1.89. The minimum Gasteiger partial charge on any atom is -0.355 e. The lowest BCUT2D eigenvalue weighted by Gasteiger charge is -2.08. The maximum Gasteiger partial charge on any atom is 0.241 e. The van der Waals surface area contributed by atoms with Crippen LogP contribution >= 0.6 is 11.6 Å². The Labute approximate surface area is 140 Å². The Bertz CT molecular complexity index is 747. The van der Waals surface area contributed by atoms with Crippen molar-refractivity contribution in [1.82, 2.24) is 10.0 Å². The third kappa shape index (κ3) is 5.67. The molecular weight excluding hydrogens is 336 g/mol. The summed E-state index contributed by atoms with van der Waals surface area (Å²) in [5, 5.41) is 3.12. The van der Waals surface area contributed by atoms with E-state index in [9.17, 15) is 13.2 Å². The minimum atomic E-state index is -3.72. The fourth-order valence-corrected chi connectivity index (χ4v) is 3.02. The molecule has 0 radical (unpaired) electrons. The molecule has 0 bridgehead atoms. The molecule has 23 heavy (non-hydrogen) atoms. The van der Waals surface area contributed by atoms with Crippen LogP contribution in [0.25, 0.3) is 0 Å². The van der Waals surface area contributed by atoms with E-state index in [-0.39, 0.29) is 17.3 Å². The van der Waals surface area contributed by atoms with E-state index in [0.717, 1.165) is 5.56 Å². The van der Waals surface area contributed by atoms with Crippen LogP contribution in [0.2, 0.25) is 5.02 Å². The summed E-state index contributed by atoms with van der Waals surface area (Å²) >= 11 is 5.72. The zero-order valence-corrected chi connectivity index (χ0v) is 13.9. The lowest BCUT2D eigenvalue weighted by atomic mass is 10.1. The van der Waals surface area contributed by atoms with E-state index in [0.29, 0.717) is 18.0 Å². The van der Waals surface area contributed by atoms with Gasteiger partial charge in [-0.3, -0.25) is 4.79 Å². The van der Waals surface area contributed by atoms with Crippen molar-refractivity contribution >= 4 is 27.5 Å². The maximum atomic E-state index is 12.0. The first kappa shape index (κ1) is 17.5. The standard InChI is InChI=1S/C16H17ClN2O3S/c17-14-6-8-15(9-7-14)23(21,22)19-12-16(20)18-11-10-13-4-2-1-3-5-13/h1-9,19H,10-12H2,(H,18,20). The van der Waals surface area contributed by atoms with Gasteiger partial charge in [-0.1, -0.05) is 41.9 Å². The van der Waals surface area contributed by atoms with Crippen molar-refractivity contribution < 1.29 is 13.2 Å². The van der Waals surface area contributed by atoms with Gasteiger partial charge in [0.15, 0.2) is 0 Å². The minimum absolute atomic E-state index is 0.0685. The van der Waals surface area contributed by atoms with Crippen LogP contribution in [0, 0.1) is 0 Å². The van der Waals surface area contributed by atoms with Crippen LogP contribution < -0.4 is 10.0 Å². The van der Waals surface area contributed by atoms with Crippen molar-refractivity contribution in [3.63, 3.8) is 0 Å². The molecule has 7 heteroatoms. The van der Waals surface area contributed by atoms with Crippen LogP contribution in [0.3, 0.4) is 0 Å². The zero-order valence-electron chi connectivity index (χ0n) is 12.3. The molecule has 0 fully saturated rings. The van der Waals surface area contributed by atoms with Gasteiger partial charge >= 0.3 is 0 Å². The number of nitrogens with one attached hydrogen (secondary N) is 2. The molecule has 2 aromatic carbocycles. The Morgan fingerprint density at radius 1 is 1.00 bits per heavy atom. The van der Waals surface area contributed by atoms with Gasteiger partial charge < -0.3 is 5.32 Å². The third-order valence-electron chi connectivity index (χ3n) is 3.13. The van der Waals surface area contributed by atoms with Crippen LogP contribution in [-0.4, -0.2) is 27.4 Å². The number of hydrogen-bond acceptors (Lipinski definition) is 3. The summed E-state index contributed by atoms with van der Waals surface area (Å²) in [6.07, 6.45) is 0.691. The second-order valence-electron chi connectivity index (χ2n) is 4.86. The lowest BCUT2D eigenvalue weighted by molar-refractivity contribution is -0.119. The quantitative estimate of drug-likeness (QED) is 0.800. The van der Waals surface area contributed by atoms with Crippen molar-refractivity contribution in [2.75, 3.05) is 13.1 Å². The fourth-order valence-electron chi connectivity index (χ4n) is 1.91. The van der Waals surface area contributed by atoms with E-state index >= 15 is 0 Å². The third-order valence-corrected chi connectivity index (χ3v) is 4.79. The monoisotopic (exact) mass is 352 g/mol. The van der Waals surface area contributed by atoms with Crippen molar-refractivity contribution in [2.24, 2.45) is 0 Å². The second-order valence-corrected chi connectivity index (χ2v) is 7.07. The van der Waals surface area contributed by atoms with Crippen molar-refractivity contribution in [3.8, 4) is 0 Å². The highest BCUT2D eigenvalue weighted by atomic mass is 35.5. The first-order chi connectivity index (χ1) is 11.0. The number of amides is 1. The van der Waals surface area contributed by atoms with Gasteiger partial charge in [0.25, 0.3) is 0 Å². The van der Waals surface area contributed by atoms with Crippen LogP contribution in [0.4, 0.5) is 0 Å². The number of sulfonamides is 1. The molecule has 0 saturated carbocycles. The average molecular weight is 353 g/mol. The molecule has 0 saturated heterocycles. The molecule has 0 aliphatic carbocycles. The molecule has 5 nitrogen and oxygen atoms in total. The Kier molecular flexibility index (Phi) is 6.15. The molecule has 0 unspecified atom stereocenters. The Morgan fingerprint density at radius 3 is 2.30 bits per heavy atom. The SMILES string of the molecule is O=C(CNS(=O)(=O)c1ccc(Cl)cc1)NCCc1ccccc1. The number of hydrogen-bond donors (Lipinski definition) is 2. The molecule has 122 valence electrons. The topological polar surface area (TPSA) is 75.3 Å². The molecule has 0 aliphatic heterocycles. The van der Waals surface area contributed by atoms with Gasteiger partial charge in [-0.25, -0.2) is 13.1 Å². The summed E-state index contributed by atoms with van der Waals surface area (Å²) in [4.78, 5) is 11.8. The summed E-state index contributed by atoms with van der Waals surface area (Å²) < 4.78 is 26.3. The number of benzene rings is 2. The molecule has 0 aliphatic rings. The predicted octanol–water partition coefficient (Wildman–Crippen LogP) is 1.98. The van der Waals surface area contributed by atoms with Crippen LogP contribution in [0.15, 0.2) is 59.5 Å². The van der Waals surface area contributed by atoms with Crippen molar-refractivity contribution in [2.45, 2.75) is 11.3 Å². The largest absolute Gasteiger partial charge is 0.355 e. The highest BCUT2D eigenvalue weighted by Gasteiger charge is 2.15. The van der Waals surface area contributed by atoms with Gasteiger partial charge in [-0.15, -0.1) is 0 Å². The van der Waals surface area contributed by atoms with E-state index in [1.165, 1.54) is 24.3 Å². The molecule has 2 rings (SSSR count). The van der Waals surface area contributed by atoms with Crippen LogP contribution in [0.1, 0.15) is 5.56 Å². The Balaban J connectivity index is 1.78. The molecule has 2 N–H and O–H groups in total. The summed E-state index contributed by atoms with van der Waals surface area (Å²) in [5.74, 6) is -0.376. The molecule has 2 aromatic rings. The van der Waals surface area contributed by atoms with Gasteiger partial charge in [-0.2, -0.15) is 0 Å². The molecular formula is C16H17ClN2O3S. The fraction of sp³-hybridized carbons (Fsp3) is 0.188. The summed E-state index contributed by atoms with van der Waals surface area (Å²) in [6.45, 7) is 0.144. The van der Waals surface area contributed by atoms with Gasteiger partial charge in [0.05, 0.1) is 11.4 Å². The number of carbonyl (C=O) groups is 1. The normalized spacial score (nSPS) is 11.2. The molecule has 1 amide bonds. The molecule has 0 spiro atoms. The smallest absolute Gasteiger partial charge is 0.241 e. The van der Waals surface area contributed by atoms with E-state index in [1.54, 1.807) is 0 Å². The molecule has 0 heterocycles. The van der Waals surface area contributed by atoms with Crippen LogP contribution in [0.5, 0.6) is 0 Å². The van der Waals surface area contributed by atoms with E-state index < -0.39 is 10.0 Å². The first-order valence-corrected chi connectivity index (χ1v) is 8.89. The van der Waals surface area contributed by atoms with E-state index in [1.807, 2.05) is 30.3 Å². The van der Waals surface area contributed by atoms with Gasteiger partial charge in [0.2, 0.25) is 15.9 Å². The predicted molar refractivity (Wildman–Crippen MR) is 89.8 cm³/mol. The van der Waals surface area contributed by atoms with Gasteiger partial charge in [0.1, 0.15) is 0 Å². The summed E-state index contributed by atoms with van der Waals surface area (Å²) in [6, 6.07) is 15.5. The zero-order chi connectivity index (χ0) is 16.7.